The summed E-state index contributed by atoms with van der Waals surface area (Å²) in [6, 6.07) is 42.8. The third kappa shape index (κ3) is 5.39. The van der Waals surface area contributed by atoms with Crippen LogP contribution in [0.2, 0.25) is 0 Å². The molecule has 2 aromatic heterocycles. The van der Waals surface area contributed by atoms with Crippen molar-refractivity contribution in [1.29, 1.82) is 0 Å². The first-order valence-corrected chi connectivity index (χ1v) is 16.3. The molecular formula is C44H42N2+2. The van der Waals surface area contributed by atoms with Gasteiger partial charge in [-0.25, -0.2) is 0 Å². The van der Waals surface area contributed by atoms with Crippen LogP contribution in [-0.2, 0) is 5.41 Å². The third-order valence-corrected chi connectivity index (χ3v) is 9.30. The number of pyridine rings is 2. The van der Waals surface area contributed by atoms with E-state index in [1.54, 1.807) is 0 Å². The lowest BCUT2D eigenvalue weighted by Gasteiger charge is -2.20. The molecule has 0 fully saturated rings. The van der Waals surface area contributed by atoms with Crippen LogP contribution in [0, 0.1) is 27.7 Å². The second-order valence-electron chi connectivity index (χ2n) is 13.9. The molecule has 2 nitrogen and oxygen atoms in total. The van der Waals surface area contributed by atoms with Gasteiger partial charge in [-0.1, -0.05) is 92.6 Å². The van der Waals surface area contributed by atoms with Gasteiger partial charge in [0.05, 0.1) is 20.5 Å². The SMILES string of the molecule is Cc1cc(C)cc(-c2ccc(C)c(-c3cccc[n+]3-[n+]3ccccc3-c3cc4ccc5cc(C(C)(C)C)ccc5c4cc3C)c2)c1. The standard InChI is InChI=1S/C44H42N2/c1-29-22-30(2)24-36(23-29)33-15-14-31(3)39(27-33)42-12-8-10-20-45(42)46-21-11-9-13-43(46)40-28-35-17-16-34-26-37(44(5,6)7)18-19-38(34)41(35)25-32(40)4/h8-28H,1-7H3/q+2. The van der Waals surface area contributed by atoms with Crippen molar-refractivity contribution >= 4 is 21.5 Å². The highest BCUT2D eigenvalue weighted by atomic mass is 15.4. The Kier molecular flexibility index (Phi) is 7.32. The van der Waals surface area contributed by atoms with Crippen LogP contribution in [0.4, 0.5) is 0 Å². The first kappa shape index (κ1) is 29.6. The number of aryl methyl sites for hydroxylation is 4. The minimum absolute atomic E-state index is 0.122. The largest absolute Gasteiger partial charge is 0.284 e. The molecule has 0 aliphatic carbocycles. The second-order valence-corrected chi connectivity index (χ2v) is 13.9. The number of rotatable bonds is 4. The van der Waals surface area contributed by atoms with Crippen LogP contribution >= 0.6 is 0 Å². The molecule has 2 heteroatoms. The molecule has 0 spiro atoms. The topological polar surface area (TPSA) is 7.76 Å². The van der Waals surface area contributed by atoms with Gasteiger partial charge in [-0.05, 0) is 113 Å². The molecule has 0 atom stereocenters. The molecular weight excluding hydrogens is 556 g/mol. The number of benzene rings is 5. The van der Waals surface area contributed by atoms with Crippen LogP contribution in [0.15, 0.2) is 128 Å². The lowest BCUT2D eigenvalue weighted by molar-refractivity contribution is -1.29. The molecule has 46 heavy (non-hydrogen) atoms. The maximum absolute atomic E-state index is 2.37. The van der Waals surface area contributed by atoms with E-state index in [9.17, 15) is 0 Å². The van der Waals surface area contributed by atoms with E-state index in [-0.39, 0.29) is 5.41 Å². The van der Waals surface area contributed by atoms with Gasteiger partial charge in [-0.2, -0.15) is 0 Å². The van der Waals surface area contributed by atoms with Crippen molar-refractivity contribution in [3.8, 4) is 33.6 Å². The Morgan fingerprint density at radius 2 is 1.07 bits per heavy atom. The quantitative estimate of drug-likeness (QED) is 0.141. The van der Waals surface area contributed by atoms with Crippen LogP contribution in [-0.4, -0.2) is 0 Å². The van der Waals surface area contributed by atoms with Crippen LogP contribution in [0.3, 0.4) is 0 Å². The molecule has 0 saturated heterocycles. The van der Waals surface area contributed by atoms with Crippen molar-refractivity contribution in [2.45, 2.75) is 53.9 Å². The molecule has 0 aliphatic heterocycles. The molecule has 7 rings (SSSR count). The number of hydrogen-bond acceptors (Lipinski definition) is 0. The molecule has 0 bridgehead atoms. The minimum atomic E-state index is 0.122. The first-order chi connectivity index (χ1) is 22.1. The van der Waals surface area contributed by atoms with Gasteiger partial charge in [0.2, 0.25) is 12.4 Å². The number of hydrogen-bond donors (Lipinski definition) is 0. The van der Waals surface area contributed by atoms with Crippen molar-refractivity contribution in [2.24, 2.45) is 0 Å². The number of nitrogens with zero attached hydrogens (tertiary/aromatic N) is 2. The van der Waals surface area contributed by atoms with E-state index >= 15 is 0 Å². The van der Waals surface area contributed by atoms with Crippen LogP contribution < -0.4 is 9.35 Å². The van der Waals surface area contributed by atoms with E-state index in [1.165, 1.54) is 71.6 Å². The smallest absolute Gasteiger partial charge is 0.0579 e. The lowest BCUT2D eigenvalue weighted by Crippen LogP contribution is -2.68. The van der Waals surface area contributed by atoms with Crippen LogP contribution in [0.5, 0.6) is 0 Å². The summed E-state index contributed by atoms with van der Waals surface area (Å²) < 4.78 is 4.56. The van der Waals surface area contributed by atoms with Crippen LogP contribution in [0.25, 0.3) is 55.2 Å². The molecule has 0 amide bonds. The Bertz CT molecular complexity index is 2260. The molecule has 226 valence electrons. The predicted octanol–water partition coefficient (Wildman–Crippen LogP) is 10.4. The lowest BCUT2D eigenvalue weighted by atomic mass is 9.85. The summed E-state index contributed by atoms with van der Waals surface area (Å²) in [7, 11) is 0. The van der Waals surface area contributed by atoms with Crippen molar-refractivity contribution < 1.29 is 9.35 Å². The Labute approximate surface area is 273 Å². The van der Waals surface area contributed by atoms with Gasteiger partial charge in [0.1, 0.15) is 0 Å². The van der Waals surface area contributed by atoms with Crippen LogP contribution in [0.1, 0.15) is 48.6 Å². The predicted molar refractivity (Wildman–Crippen MR) is 193 cm³/mol. The zero-order valence-corrected chi connectivity index (χ0v) is 28.0. The van der Waals surface area contributed by atoms with Crippen molar-refractivity contribution in [3.05, 3.63) is 155 Å². The Morgan fingerprint density at radius 1 is 0.457 bits per heavy atom. The van der Waals surface area contributed by atoms with E-state index in [4.69, 9.17) is 0 Å². The van der Waals surface area contributed by atoms with Gasteiger partial charge in [0, 0.05) is 24.3 Å². The summed E-state index contributed by atoms with van der Waals surface area (Å²) in [4.78, 5) is 0. The fraction of sp³-hybridized carbons (Fsp3) is 0.182. The van der Waals surface area contributed by atoms with Gasteiger partial charge in [0.25, 0.3) is 11.4 Å². The molecule has 0 radical (unpaired) electrons. The highest BCUT2D eigenvalue weighted by Crippen LogP contribution is 2.34. The average molecular weight is 599 g/mol. The normalized spacial score (nSPS) is 11.8. The summed E-state index contributed by atoms with van der Waals surface area (Å²) >= 11 is 0. The minimum Gasteiger partial charge on any atom is -0.0579 e. The summed E-state index contributed by atoms with van der Waals surface area (Å²) in [6.45, 7) is 15.6. The van der Waals surface area contributed by atoms with Gasteiger partial charge >= 0.3 is 0 Å². The monoisotopic (exact) mass is 598 g/mol. The van der Waals surface area contributed by atoms with Gasteiger partial charge < -0.3 is 0 Å². The Balaban J connectivity index is 1.37. The second kappa shape index (κ2) is 11.4. The van der Waals surface area contributed by atoms with E-state index < -0.39 is 0 Å². The molecule has 0 saturated carbocycles. The zero-order chi connectivity index (χ0) is 32.2. The van der Waals surface area contributed by atoms with Crippen molar-refractivity contribution in [2.75, 3.05) is 0 Å². The van der Waals surface area contributed by atoms with E-state index in [0.717, 1.165) is 11.4 Å². The Hall–Kier alpha value is -5.08. The summed E-state index contributed by atoms with van der Waals surface area (Å²) in [5.41, 5.74) is 13.8. The highest BCUT2D eigenvalue weighted by Gasteiger charge is 2.28. The summed E-state index contributed by atoms with van der Waals surface area (Å²) in [6.07, 6.45) is 4.33. The van der Waals surface area contributed by atoms with Gasteiger partial charge in [0.15, 0.2) is 0 Å². The fourth-order valence-electron chi connectivity index (χ4n) is 6.85. The molecule has 5 aromatic carbocycles. The van der Waals surface area contributed by atoms with E-state index in [0.29, 0.717) is 0 Å². The molecule has 0 aliphatic rings. The zero-order valence-electron chi connectivity index (χ0n) is 28.0. The molecule has 0 unspecified atom stereocenters. The first-order valence-electron chi connectivity index (χ1n) is 16.3. The fourth-order valence-corrected chi connectivity index (χ4v) is 6.85. The van der Waals surface area contributed by atoms with E-state index in [2.05, 4.69) is 185 Å². The summed E-state index contributed by atoms with van der Waals surface area (Å²) in [5.74, 6) is 0. The molecule has 7 aromatic rings. The maximum atomic E-state index is 2.37. The Morgan fingerprint density at radius 3 is 1.70 bits per heavy atom. The molecule has 2 heterocycles. The van der Waals surface area contributed by atoms with Gasteiger partial charge in [-0.15, -0.1) is 0 Å². The summed E-state index contributed by atoms with van der Waals surface area (Å²) in [5, 5.41) is 5.15. The van der Waals surface area contributed by atoms with Gasteiger partial charge in [-0.3, -0.25) is 0 Å². The third-order valence-electron chi connectivity index (χ3n) is 9.30. The number of aromatic nitrogens is 2. The highest BCUT2D eigenvalue weighted by molar-refractivity contribution is 6.09. The van der Waals surface area contributed by atoms with Crippen molar-refractivity contribution in [3.63, 3.8) is 0 Å². The maximum Gasteiger partial charge on any atom is 0.284 e. The number of fused-ring (bicyclic) bond motifs is 3. The van der Waals surface area contributed by atoms with E-state index in [1.807, 2.05) is 0 Å². The van der Waals surface area contributed by atoms with Crippen molar-refractivity contribution in [1.82, 2.24) is 0 Å². The molecule has 0 N–H and O–H groups in total. The average Bonchev–Trinajstić information content (AvgIpc) is 3.03.